The van der Waals surface area contributed by atoms with Crippen LogP contribution in [0.3, 0.4) is 0 Å². The summed E-state index contributed by atoms with van der Waals surface area (Å²) in [6.07, 6.45) is 1.08. The standard InChI is InChI=1S/C19H27N3O2/c1-13(2)19(24)22-11-15-9-21(10-16(15)12-22)17-5-3-4-14(8-17)6-7-18(20)23/h3-5,8,13,15-16H,6-7,9-12H2,1-2H3,(H2,20,23). The third-order valence-corrected chi connectivity index (χ3v) is 5.23. The molecule has 130 valence electrons. The lowest BCUT2D eigenvalue weighted by molar-refractivity contribution is -0.133. The molecule has 2 unspecified atom stereocenters. The van der Waals surface area contributed by atoms with Gasteiger partial charge in [-0.2, -0.15) is 0 Å². The second-order valence-electron chi connectivity index (χ2n) is 7.46. The van der Waals surface area contributed by atoms with Crippen LogP contribution in [-0.4, -0.2) is 42.9 Å². The van der Waals surface area contributed by atoms with Gasteiger partial charge in [-0.25, -0.2) is 0 Å². The monoisotopic (exact) mass is 329 g/mol. The summed E-state index contributed by atoms with van der Waals surface area (Å²) >= 11 is 0. The fourth-order valence-electron chi connectivity index (χ4n) is 3.93. The van der Waals surface area contributed by atoms with E-state index in [0.29, 0.717) is 24.7 Å². The number of hydrogen-bond donors (Lipinski definition) is 1. The third-order valence-electron chi connectivity index (χ3n) is 5.23. The van der Waals surface area contributed by atoms with Gasteiger partial charge in [0, 0.05) is 56.0 Å². The number of carbonyl (C=O) groups is 2. The SMILES string of the molecule is CC(C)C(=O)N1CC2CN(c3cccc(CCC(N)=O)c3)CC2C1. The number of anilines is 1. The normalized spacial score (nSPS) is 23.0. The van der Waals surface area contributed by atoms with Crippen molar-refractivity contribution in [2.24, 2.45) is 23.5 Å². The number of nitrogens with two attached hydrogens (primary N) is 1. The summed E-state index contributed by atoms with van der Waals surface area (Å²) in [5, 5.41) is 0. The van der Waals surface area contributed by atoms with Gasteiger partial charge < -0.3 is 15.5 Å². The minimum atomic E-state index is -0.258. The van der Waals surface area contributed by atoms with Crippen LogP contribution in [0.25, 0.3) is 0 Å². The lowest BCUT2D eigenvalue weighted by atomic mass is 10.0. The molecule has 2 fully saturated rings. The predicted octanol–water partition coefficient (Wildman–Crippen LogP) is 1.66. The lowest BCUT2D eigenvalue weighted by Crippen LogP contribution is -2.35. The van der Waals surface area contributed by atoms with Crippen molar-refractivity contribution in [1.82, 2.24) is 4.90 Å². The summed E-state index contributed by atoms with van der Waals surface area (Å²) < 4.78 is 0. The van der Waals surface area contributed by atoms with E-state index in [0.717, 1.165) is 31.7 Å². The number of likely N-dealkylation sites (tertiary alicyclic amines) is 1. The average Bonchev–Trinajstić information content (AvgIpc) is 3.11. The van der Waals surface area contributed by atoms with Gasteiger partial charge in [0.25, 0.3) is 0 Å². The summed E-state index contributed by atoms with van der Waals surface area (Å²) in [6.45, 7) is 7.73. The van der Waals surface area contributed by atoms with Gasteiger partial charge in [-0.05, 0) is 24.1 Å². The molecular formula is C19H27N3O2. The fourth-order valence-corrected chi connectivity index (χ4v) is 3.93. The van der Waals surface area contributed by atoms with Crippen molar-refractivity contribution in [2.75, 3.05) is 31.1 Å². The maximum Gasteiger partial charge on any atom is 0.225 e. The van der Waals surface area contributed by atoms with Crippen LogP contribution in [0, 0.1) is 17.8 Å². The van der Waals surface area contributed by atoms with Crippen LogP contribution in [0.4, 0.5) is 5.69 Å². The molecule has 2 heterocycles. The Hall–Kier alpha value is -2.04. The van der Waals surface area contributed by atoms with E-state index in [-0.39, 0.29) is 17.7 Å². The molecule has 3 rings (SSSR count). The van der Waals surface area contributed by atoms with Gasteiger partial charge in [-0.1, -0.05) is 26.0 Å². The number of fused-ring (bicyclic) bond motifs is 1. The first-order valence-corrected chi connectivity index (χ1v) is 8.85. The second-order valence-corrected chi connectivity index (χ2v) is 7.46. The largest absolute Gasteiger partial charge is 0.371 e. The number of carbonyl (C=O) groups excluding carboxylic acids is 2. The number of amides is 2. The van der Waals surface area contributed by atoms with Gasteiger partial charge in [0.15, 0.2) is 0 Å². The van der Waals surface area contributed by atoms with Crippen LogP contribution in [0.2, 0.25) is 0 Å². The predicted molar refractivity (Wildman–Crippen MR) is 94.6 cm³/mol. The summed E-state index contributed by atoms with van der Waals surface area (Å²) in [6, 6.07) is 8.40. The van der Waals surface area contributed by atoms with Crippen molar-refractivity contribution >= 4 is 17.5 Å². The Morgan fingerprint density at radius 3 is 2.42 bits per heavy atom. The van der Waals surface area contributed by atoms with E-state index in [9.17, 15) is 9.59 Å². The van der Waals surface area contributed by atoms with Crippen molar-refractivity contribution in [3.05, 3.63) is 29.8 Å². The number of rotatable bonds is 5. The molecule has 5 nitrogen and oxygen atoms in total. The smallest absolute Gasteiger partial charge is 0.225 e. The molecule has 0 aromatic heterocycles. The van der Waals surface area contributed by atoms with Gasteiger partial charge >= 0.3 is 0 Å². The van der Waals surface area contributed by atoms with Gasteiger partial charge in [0.05, 0.1) is 0 Å². The van der Waals surface area contributed by atoms with Crippen LogP contribution in [-0.2, 0) is 16.0 Å². The molecule has 0 bridgehead atoms. The highest BCUT2D eigenvalue weighted by molar-refractivity contribution is 5.78. The number of aryl methyl sites for hydroxylation is 1. The van der Waals surface area contributed by atoms with Gasteiger partial charge in [-0.15, -0.1) is 0 Å². The van der Waals surface area contributed by atoms with Crippen molar-refractivity contribution in [3.63, 3.8) is 0 Å². The molecule has 24 heavy (non-hydrogen) atoms. The molecule has 2 aliphatic rings. The van der Waals surface area contributed by atoms with Gasteiger partial charge in [-0.3, -0.25) is 9.59 Å². The number of nitrogens with zero attached hydrogens (tertiary/aromatic N) is 2. The first-order chi connectivity index (χ1) is 11.4. The molecule has 2 aliphatic heterocycles. The zero-order valence-electron chi connectivity index (χ0n) is 14.6. The van der Waals surface area contributed by atoms with E-state index in [2.05, 4.69) is 17.0 Å². The zero-order chi connectivity index (χ0) is 17.3. The molecule has 2 saturated heterocycles. The fraction of sp³-hybridized carbons (Fsp3) is 0.579. The Bertz CT molecular complexity index is 615. The van der Waals surface area contributed by atoms with Crippen molar-refractivity contribution in [1.29, 1.82) is 0 Å². The molecule has 0 saturated carbocycles. The van der Waals surface area contributed by atoms with Crippen LogP contribution >= 0.6 is 0 Å². The highest BCUT2D eigenvalue weighted by Gasteiger charge is 2.41. The topological polar surface area (TPSA) is 66.6 Å². The molecule has 0 aliphatic carbocycles. The molecule has 2 amide bonds. The van der Waals surface area contributed by atoms with E-state index < -0.39 is 0 Å². The Kier molecular flexibility index (Phi) is 4.78. The summed E-state index contributed by atoms with van der Waals surface area (Å²) in [5.41, 5.74) is 7.61. The highest BCUT2D eigenvalue weighted by Crippen LogP contribution is 2.34. The van der Waals surface area contributed by atoms with Gasteiger partial charge in [0.2, 0.25) is 11.8 Å². The summed E-state index contributed by atoms with van der Waals surface area (Å²) in [4.78, 5) is 27.6. The second kappa shape index (κ2) is 6.83. The van der Waals surface area contributed by atoms with Crippen molar-refractivity contribution in [3.8, 4) is 0 Å². The van der Waals surface area contributed by atoms with E-state index >= 15 is 0 Å². The van der Waals surface area contributed by atoms with E-state index in [4.69, 9.17) is 5.73 Å². The Labute approximate surface area is 143 Å². The Morgan fingerprint density at radius 1 is 1.17 bits per heavy atom. The summed E-state index contributed by atoms with van der Waals surface area (Å²) in [7, 11) is 0. The van der Waals surface area contributed by atoms with Crippen LogP contribution in [0.5, 0.6) is 0 Å². The van der Waals surface area contributed by atoms with Crippen LogP contribution < -0.4 is 10.6 Å². The van der Waals surface area contributed by atoms with Crippen LogP contribution in [0.15, 0.2) is 24.3 Å². The quantitative estimate of drug-likeness (QED) is 0.893. The molecule has 2 atom stereocenters. The first-order valence-electron chi connectivity index (χ1n) is 8.85. The molecule has 0 radical (unpaired) electrons. The maximum atomic E-state index is 12.2. The maximum absolute atomic E-state index is 12.2. The first kappa shape index (κ1) is 16.8. The van der Waals surface area contributed by atoms with E-state index in [1.54, 1.807) is 0 Å². The molecule has 2 N–H and O–H groups in total. The minimum absolute atomic E-state index is 0.0851. The Morgan fingerprint density at radius 2 is 1.83 bits per heavy atom. The molecule has 5 heteroatoms. The molecule has 1 aromatic carbocycles. The van der Waals surface area contributed by atoms with Crippen molar-refractivity contribution in [2.45, 2.75) is 26.7 Å². The number of hydrogen-bond acceptors (Lipinski definition) is 3. The van der Waals surface area contributed by atoms with Gasteiger partial charge in [0.1, 0.15) is 0 Å². The number of primary amides is 1. The van der Waals surface area contributed by atoms with E-state index in [1.807, 2.05) is 30.9 Å². The van der Waals surface area contributed by atoms with Crippen molar-refractivity contribution < 1.29 is 9.59 Å². The number of benzene rings is 1. The Balaban J connectivity index is 1.61. The third kappa shape index (κ3) is 3.55. The minimum Gasteiger partial charge on any atom is -0.371 e. The lowest BCUT2D eigenvalue weighted by Gasteiger charge is -2.24. The molecule has 0 spiro atoms. The highest BCUT2D eigenvalue weighted by atomic mass is 16.2. The van der Waals surface area contributed by atoms with Crippen LogP contribution in [0.1, 0.15) is 25.8 Å². The summed E-state index contributed by atoms with van der Waals surface area (Å²) in [5.74, 6) is 1.25. The zero-order valence-corrected chi connectivity index (χ0v) is 14.6. The van der Waals surface area contributed by atoms with E-state index in [1.165, 1.54) is 5.69 Å². The molecular weight excluding hydrogens is 302 g/mol. The molecule has 1 aromatic rings. The average molecular weight is 329 g/mol.